The van der Waals surface area contributed by atoms with E-state index in [2.05, 4.69) is 9.97 Å². The van der Waals surface area contributed by atoms with Crippen LogP contribution in [0.2, 0.25) is 0 Å². The van der Waals surface area contributed by atoms with Crippen molar-refractivity contribution in [2.24, 2.45) is 0 Å². The molecule has 29 heavy (non-hydrogen) atoms. The number of hydrogen-bond acceptors (Lipinski definition) is 5. The van der Waals surface area contributed by atoms with Gasteiger partial charge in [-0.1, -0.05) is 36.4 Å². The maximum absolute atomic E-state index is 14.0. The Bertz CT molecular complexity index is 1100. The first-order valence-corrected chi connectivity index (χ1v) is 10.5. The summed E-state index contributed by atoms with van der Waals surface area (Å²) in [5, 5.41) is 0. The highest BCUT2D eigenvalue weighted by Gasteiger charge is 2.33. The van der Waals surface area contributed by atoms with Crippen molar-refractivity contribution in [3.8, 4) is 11.3 Å². The molecule has 6 nitrogen and oxygen atoms in total. The van der Waals surface area contributed by atoms with E-state index in [1.807, 2.05) is 41.3 Å². The van der Waals surface area contributed by atoms with Gasteiger partial charge in [-0.25, -0.2) is 27.2 Å². The highest BCUT2D eigenvalue weighted by molar-refractivity contribution is 7.89. The van der Waals surface area contributed by atoms with E-state index < -0.39 is 26.6 Å². The van der Waals surface area contributed by atoms with Crippen LogP contribution in [-0.4, -0.2) is 48.9 Å². The Hall–Kier alpha value is -2.91. The van der Waals surface area contributed by atoms with Gasteiger partial charge in [-0.05, 0) is 12.1 Å². The van der Waals surface area contributed by atoms with Crippen molar-refractivity contribution in [2.45, 2.75) is 4.90 Å². The van der Waals surface area contributed by atoms with Gasteiger partial charge in [0.05, 0.1) is 5.69 Å². The van der Waals surface area contributed by atoms with Crippen molar-refractivity contribution in [1.82, 2.24) is 14.3 Å². The Labute approximate surface area is 167 Å². The van der Waals surface area contributed by atoms with Crippen molar-refractivity contribution in [3.05, 3.63) is 72.6 Å². The molecule has 0 unspecified atom stereocenters. The van der Waals surface area contributed by atoms with Crippen LogP contribution >= 0.6 is 0 Å². The lowest BCUT2D eigenvalue weighted by molar-refractivity contribution is 0.377. The van der Waals surface area contributed by atoms with Gasteiger partial charge in [0, 0.05) is 37.8 Å². The van der Waals surface area contributed by atoms with Crippen LogP contribution in [0, 0.1) is 11.6 Å². The summed E-state index contributed by atoms with van der Waals surface area (Å²) in [4.78, 5) is 9.61. The molecule has 150 valence electrons. The molecule has 0 amide bonds. The third-order valence-corrected chi connectivity index (χ3v) is 6.75. The number of piperazine rings is 1. The normalized spacial score (nSPS) is 15.4. The molecule has 0 atom stereocenters. The third kappa shape index (κ3) is 3.83. The molecular formula is C20H18F2N4O2S. The quantitative estimate of drug-likeness (QED) is 0.654. The molecule has 0 N–H and O–H groups in total. The number of hydrogen-bond donors (Lipinski definition) is 0. The highest BCUT2D eigenvalue weighted by atomic mass is 32.2. The molecule has 0 bridgehead atoms. The maximum Gasteiger partial charge on any atom is 0.249 e. The van der Waals surface area contributed by atoms with Crippen LogP contribution in [0.15, 0.2) is 65.8 Å². The van der Waals surface area contributed by atoms with Crippen molar-refractivity contribution in [3.63, 3.8) is 0 Å². The van der Waals surface area contributed by atoms with Gasteiger partial charge in [-0.2, -0.15) is 4.31 Å². The Morgan fingerprint density at radius 3 is 2.14 bits per heavy atom. The van der Waals surface area contributed by atoms with Crippen molar-refractivity contribution in [1.29, 1.82) is 0 Å². The zero-order chi connectivity index (χ0) is 20.4. The number of halogens is 2. The average Bonchev–Trinajstić information content (AvgIpc) is 2.74. The fourth-order valence-corrected chi connectivity index (χ4v) is 4.83. The van der Waals surface area contributed by atoms with Crippen LogP contribution in [0.1, 0.15) is 0 Å². The second kappa shape index (κ2) is 7.84. The van der Waals surface area contributed by atoms with Crippen LogP contribution in [0.4, 0.5) is 14.6 Å². The number of nitrogens with zero attached hydrogens (tertiary/aromatic N) is 4. The molecule has 1 fully saturated rings. The Morgan fingerprint density at radius 1 is 0.828 bits per heavy atom. The third-order valence-electron chi connectivity index (χ3n) is 4.80. The Morgan fingerprint density at radius 2 is 1.48 bits per heavy atom. The van der Waals surface area contributed by atoms with E-state index in [0.717, 1.165) is 33.8 Å². The number of rotatable bonds is 4. The lowest BCUT2D eigenvalue weighted by Gasteiger charge is -2.34. The monoisotopic (exact) mass is 416 g/mol. The zero-order valence-electron chi connectivity index (χ0n) is 15.4. The van der Waals surface area contributed by atoms with E-state index in [-0.39, 0.29) is 13.1 Å². The topological polar surface area (TPSA) is 66.4 Å². The lowest BCUT2D eigenvalue weighted by Crippen LogP contribution is -2.49. The van der Waals surface area contributed by atoms with Gasteiger partial charge < -0.3 is 4.90 Å². The van der Waals surface area contributed by atoms with Gasteiger partial charge >= 0.3 is 0 Å². The summed E-state index contributed by atoms with van der Waals surface area (Å²) >= 11 is 0. The predicted molar refractivity (Wildman–Crippen MR) is 105 cm³/mol. The number of aromatic nitrogens is 2. The fourth-order valence-electron chi connectivity index (χ4n) is 3.30. The average molecular weight is 416 g/mol. The summed E-state index contributed by atoms with van der Waals surface area (Å²) in [6.07, 6.45) is 1.47. The summed E-state index contributed by atoms with van der Waals surface area (Å²) in [5.74, 6) is -1.50. The number of anilines is 1. The second-order valence-electron chi connectivity index (χ2n) is 6.57. The van der Waals surface area contributed by atoms with Crippen molar-refractivity contribution in [2.75, 3.05) is 31.1 Å². The molecule has 1 aromatic heterocycles. The van der Waals surface area contributed by atoms with Gasteiger partial charge in [0.1, 0.15) is 23.8 Å². The zero-order valence-corrected chi connectivity index (χ0v) is 16.2. The Balaban J connectivity index is 1.52. The van der Waals surface area contributed by atoms with Gasteiger partial charge in [-0.3, -0.25) is 0 Å². The van der Waals surface area contributed by atoms with E-state index >= 15 is 0 Å². The predicted octanol–water partition coefficient (Wildman–Crippen LogP) is 2.93. The van der Waals surface area contributed by atoms with E-state index in [9.17, 15) is 17.2 Å². The first kappa shape index (κ1) is 19.4. The molecule has 4 rings (SSSR count). The fraction of sp³-hybridized carbons (Fsp3) is 0.200. The van der Waals surface area contributed by atoms with Crippen molar-refractivity contribution < 1.29 is 17.2 Å². The SMILES string of the molecule is O=S(=O)(c1c(F)cccc1F)N1CCN(c2cc(-c3ccccc3)ncn2)CC1. The molecule has 1 aliphatic rings. The minimum Gasteiger partial charge on any atom is -0.354 e. The molecule has 1 saturated heterocycles. The van der Waals surface area contributed by atoms with Crippen LogP contribution in [0.5, 0.6) is 0 Å². The minimum atomic E-state index is -4.26. The van der Waals surface area contributed by atoms with E-state index in [1.165, 1.54) is 6.33 Å². The summed E-state index contributed by atoms with van der Waals surface area (Å²) in [6, 6.07) is 14.5. The standard InChI is InChI=1S/C20H18F2N4O2S/c21-16-7-4-8-17(22)20(16)29(27,28)26-11-9-25(10-12-26)19-13-18(23-14-24-19)15-5-2-1-3-6-15/h1-8,13-14H,9-12H2. The molecule has 3 aromatic rings. The van der Waals surface area contributed by atoms with Crippen LogP contribution in [0.3, 0.4) is 0 Å². The molecule has 0 saturated carbocycles. The van der Waals surface area contributed by atoms with E-state index in [0.29, 0.717) is 18.9 Å². The Kier molecular flexibility index (Phi) is 5.25. The van der Waals surface area contributed by atoms with Crippen molar-refractivity contribution >= 4 is 15.8 Å². The summed E-state index contributed by atoms with van der Waals surface area (Å²) < 4.78 is 54.5. The molecule has 0 aliphatic carbocycles. The first-order chi connectivity index (χ1) is 14.0. The molecule has 2 aromatic carbocycles. The highest BCUT2D eigenvalue weighted by Crippen LogP contribution is 2.25. The van der Waals surface area contributed by atoms with Gasteiger partial charge in [-0.15, -0.1) is 0 Å². The number of benzene rings is 2. The second-order valence-corrected chi connectivity index (χ2v) is 8.44. The molecular weight excluding hydrogens is 398 g/mol. The van der Waals surface area contributed by atoms with Gasteiger partial charge in [0.15, 0.2) is 4.90 Å². The first-order valence-electron chi connectivity index (χ1n) is 9.03. The van der Waals surface area contributed by atoms with Gasteiger partial charge in [0.25, 0.3) is 0 Å². The van der Waals surface area contributed by atoms with E-state index in [1.54, 1.807) is 0 Å². The molecule has 0 radical (unpaired) electrons. The molecule has 1 aliphatic heterocycles. The van der Waals surface area contributed by atoms with Gasteiger partial charge in [0.2, 0.25) is 10.0 Å². The maximum atomic E-state index is 14.0. The molecule has 9 heteroatoms. The lowest BCUT2D eigenvalue weighted by atomic mass is 10.1. The van der Waals surface area contributed by atoms with Crippen LogP contribution in [-0.2, 0) is 10.0 Å². The summed E-state index contributed by atoms with van der Waals surface area (Å²) in [5.41, 5.74) is 1.71. The molecule has 0 spiro atoms. The minimum absolute atomic E-state index is 0.0980. The van der Waals surface area contributed by atoms with Crippen LogP contribution in [0.25, 0.3) is 11.3 Å². The van der Waals surface area contributed by atoms with Crippen LogP contribution < -0.4 is 4.90 Å². The largest absolute Gasteiger partial charge is 0.354 e. The summed E-state index contributed by atoms with van der Waals surface area (Å²) in [7, 11) is -4.26. The summed E-state index contributed by atoms with van der Waals surface area (Å²) in [6.45, 7) is 0.892. The molecule has 2 heterocycles. The van der Waals surface area contributed by atoms with E-state index in [4.69, 9.17) is 0 Å². The number of sulfonamides is 1. The smallest absolute Gasteiger partial charge is 0.249 e.